The molecule has 0 aliphatic carbocycles. The lowest BCUT2D eigenvalue weighted by molar-refractivity contribution is -0.226. The number of aromatic carboxylic acids is 1. The van der Waals surface area contributed by atoms with Crippen molar-refractivity contribution in [3.8, 4) is 0 Å². The second kappa shape index (κ2) is 6.77. The van der Waals surface area contributed by atoms with Crippen molar-refractivity contribution in [1.82, 2.24) is 0 Å². The van der Waals surface area contributed by atoms with Gasteiger partial charge in [0.05, 0.1) is 29.2 Å². The number of carbonyl (C=O) groups excluding carboxylic acids is 4. The van der Waals surface area contributed by atoms with Crippen LogP contribution in [0.3, 0.4) is 0 Å². The Morgan fingerprint density at radius 2 is 1.80 bits per heavy atom. The average Bonchev–Trinajstić information content (AvgIpc) is 3.32. The molecule has 1 N–H and O–H groups in total. The third-order valence-electron chi connectivity index (χ3n) is 5.34. The van der Waals surface area contributed by atoms with Gasteiger partial charge in [-0.2, -0.15) is 0 Å². The van der Waals surface area contributed by atoms with Gasteiger partial charge >= 0.3 is 17.9 Å². The van der Waals surface area contributed by atoms with Crippen molar-refractivity contribution in [1.29, 1.82) is 0 Å². The Balaban J connectivity index is 1.75. The predicted octanol–water partition coefficient (Wildman–Crippen LogP) is 0.650. The zero-order valence-electron chi connectivity index (χ0n) is 15.9. The highest BCUT2D eigenvalue weighted by Crippen LogP contribution is 2.54. The molecule has 10 nitrogen and oxygen atoms in total. The minimum Gasteiger partial charge on any atom is -0.478 e. The van der Waals surface area contributed by atoms with Crippen molar-refractivity contribution in [2.45, 2.75) is 31.8 Å². The summed E-state index contributed by atoms with van der Waals surface area (Å²) in [7, 11) is 0. The maximum absolute atomic E-state index is 13.3. The smallest absolute Gasteiger partial charge is 0.335 e. The highest BCUT2D eigenvalue weighted by atomic mass is 16.7. The van der Waals surface area contributed by atoms with Gasteiger partial charge < -0.3 is 19.3 Å². The number of carboxylic acids is 1. The lowest BCUT2D eigenvalue weighted by Gasteiger charge is -2.34. The molecule has 0 aromatic heterocycles. The fraction of sp³-hybridized carbons (Fsp3) is 0.350. The van der Waals surface area contributed by atoms with E-state index in [1.165, 1.54) is 30.3 Å². The SMILES string of the molecule is CC(=O)OC(OC(C)=O)[C@@]12C=C[C@@H](O1)[C@@H]1C(=O)N(c3cccc(C(=O)O)c3)C(=O)[C@@H]12. The first-order valence-electron chi connectivity index (χ1n) is 9.08. The average molecular weight is 415 g/mol. The number of benzene rings is 1. The van der Waals surface area contributed by atoms with Gasteiger partial charge in [-0.15, -0.1) is 0 Å². The van der Waals surface area contributed by atoms with Crippen molar-refractivity contribution < 1.29 is 43.3 Å². The fourth-order valence-electron chi connectivity index (χ4n) is 4.25. The van der Waals surface area contributed by atoms with Crippen molar-refractivity contribution in [3.63, 3.8) is 0 Å². The van der Waals surface area contributed by atoms with Gasteiger partial charge in [0.15, 0.2) is 5.60 Å². The van der Waals surface area contributed by atoms with E-state index in [0.29, 0.717) is 0 Å². The monoisotopic (exact) mass is 415 g/mol. The van der Waals surface area contributed by atoms with Gasteiger partial charge in [0, 0.05) is 13.8 Å². The normalized spacial score (nSPS) is 28.8. The molecule has 3 aliphatic heterocycles. The van der Waals surface area contributed by atoms with E-state index in [-0.39, 0.29) is 11.3 Å². The minimum absolute atomic E-state index is 0.0880. The van der Waals surface area contributed by atoms with E-state index in [0.717, 1.165) is 18.7 Å². The third kappa shape index (κ3) is 2.79. The summed E-state index contributed by atoms with van der Waals surface area (Å²) in [6, 6.07) is 5.43. The summed E-state index contributed by atoms with van der Waals surface area (Å²) in [6.45, 7) is 2.22. The molecule has 156 valence electrons. The number of carbonyl (C=O) groups is 5. The number of hydrogen-bond acceptors (Lipinski definition) is 8. The number of anilines is 1. The Kier molecular flexibility index (Phi) is 4.46. The molecular formula is C20H17NO9. The van der Waals surface area contributed by atoms with Crippen molar-refractivity contribution >= 4 is 35.4 Å². The van der Waals surface area contributed by atoms with Gasteiger partial charge in [0.25, 0.3) is 6.29 Å². The van der Waals surface area contributed by atoms with E-state index in [1.54, 1.807) is 6.08 Å². The molecule has 0 spiro atoms. The Morgan fingerprint density at radius 1 is 1.13 bits per heavy atom. The largest absolute Gasteiger partial charge is 0.478 e. The van der Waals surface area contributed by atoms with Crippen LogP contribution in [0.25, 0.3) is 0 Å². The molecule has 2 amide bonds. The number of rotatable bonds is 5. The number of carboxylic acid groups (broad SMARTS) is 1. The minimum atomic E-state index is -1.65. The van der Waals surface area contributed by atoms with Crippen LogP contribution in [0.2, 0.25) is 0 Å². The van der Waals surface area contributed by atoms with Crippen LogP contribution < -0.4 is 4.90 Å². The number of hydrogen-bond donors (Lipinski definition) is 1. The maximum Gasteiger partial charge on any atom is 0.335 e. The molecule has 4 rings (SSSR count). The molecule has 0 saturated carbocycles. The zero-order chi connectivity index (χ0) is 21.8. The van der Waals surface area contributed by atoms with Crippen LogP contribution in [0.4, 0.5) is 5.69 Å². The number of esters is 2. The molecule has 2 bridgehead atoms. The molecule has 0 radical (unpaired) electrons. The first kappa shape index (κ1) is 19.8. The van der Waals surface area contributed by atoms with E-state index in [4.69, 9.17) is 14.2 Å². The molecule has 1 aromatic carbocycles. The van der Waals surface area contributed by atoms with E-state index < -0.39 is 59.6 Å². The molecule has 2 saturated heterocycles. The maximum atomic E-state index is 13.3. The first-order valence-corrected chi connectivity index (χ1v) is 9.08. The predicted molar refractivity (Wildman–Crippen MR) is 96.9 cm³/mol. The van der Waals surface area contributed by atoms with Crippen molar-refractivity contribution in [2.24, 2.45) is 11.8 Å². The Hall–Kier alpha value is -3.53. The molecule has 30 heavy (non-hydrogen) atoms. The summed E-state index contributed by atoms with van der Waals surface area (Å²) in [5.41, 5.74) is -1.64. The summed E-state index contributed by atoms with van der Waals surface area (Å²) in [5.74, 6) is -6.01. The van der Waals surface area contributed by atoms with Crippen molar-refractivity contribution in [3.05, 3.63) is 42.0 Å². The standard InChI is InChI=1S/C20H17NO9/c1-9(22)28-19(29-10(2)23)20-7-6-13(30-20)14-15(20)17(25)21(16(14)24)12-5-3-4-11(8-12)18(26)27/h3-8,13-15,19H,1-2H3,(H,26,27)/t13-,14+,15-,20+/m1/s1. The summed E-state index contributed by atoms with van der Waals surface area (Å²) in [4.78, 5) is 61.7. The zero-order valence-corrected chi connectivity index (χ0v) is 15.9. The Labute approximate surface area is 170 Å². The molecule has 3 heterocycles. The topological polar surface area (TPSA) is 137 Å². The first-order chi connectivity index (χ1) is 14.2. The van der Waals surface area contributed by atoms with E-state index in [1.807, 2.05) is 0 Å². The van der Waals surface area contributed by atoms with E-state index >= 15 is 0 Å². The van der Waals surface area contributed by atoms with Crippen LogP contribution >= 0.6 is 0 Å². The highest BCUT2D eigenvalue weighted by molar-refractivity contribution is 6.23. The lowest BCUT2D eigenvalue weighted by atomic mass is 9.76. The molecule has 2 fully saturated rings. The molecule has 0 unspecified atom stereocenters. The lowest BCUT2D eigenvalue weighted by Crippen LogP contribution is -2.52. The second-order valence-electron chi connectivity index (χ2n) is 7.22. The van der Waals surface area contributed by atoms with Crippen LogP contribution in [0.5, 0.6) is 0 Å². The van der Waals surface area contributed by atoms with Crippen LogP contribution in [0.15, 0.2) is 36.4 Å². The Morgan fingerprint density at radius 3 is 2.40 bits per heavy atom. The van der Waals surface area contributed by atoms with Gasteiger partial charge in [-0.1, -0.05) is 12.1 Å². The van der Waals surface area contributed by atoms with Gasteiger partial charge in [-0.3, -0.25) is 19.2 Å². The van der Waals surface area contributed by atoms with Crippen LogP contribution in [-0.4, -0.2) is 52.8 Å². The van der Waals surface area contributed by atoms with Gasteiger partial charge in [0.1, 0.15) is 0 Å². The van der Waals surface area contributed by atoms with E-state index in [2.05, 4.69) is 0 Å². The summed E-state index contributed by atoms with van der Waals surface area (Å²) < 4.78 is 16.1. The van der Waals surface area contributed by atoms with Gasteiger partial charge in [-0.25, -0.2) is 9.69 Å². The fourth-order valence-corrected chi connectivity index (χ4v) is 4.25. The molecule has 10 heteroatoms. The molecule has 4 atom stereocenters. The number of fused-ring (bicyclic) bond motifs is 5. The van der Waals surface area contributed by atoms with Crippen LogP contribution in [-0.2, 0) is 33.4 Å². The van der Waals surface area contributed by atoms with Gasteiger partial charge in [0.2, 0.25) is 11.8 Å². The summed E-state index contributed by atoms with van der Waals surface area (Å²) >= 11 is 0. The quantitative estimate of drug-likeness (QED) is 0.318. The van der Waals surface area contributed by atoms with Crippen molar-refractivity contribution in [2.75, 3.05) is 4.90 Å². The summed E-state index contributed by atoms with van der Waals surface area (Å²) in [5, 5.41) is 9.21. The molecule has 3 aliphatic rings. The van der Waals surface area contributed by atoms with Crippen LogP contribution in [0.1, 0.15) is 24.2 Å². The Bertz CT molecular complexity index is 999. The summed E-state index contributed by atoms with van der Waals surface area (Å²) in [6.07, 6.45) is 0.680. The van der Waals surface area contributed by atoms with Crippen LogP contribution in [0, 0.1) is 11.8 Å². The molecular weight excluding hydrogens is 398 g/mol. The number of nitrogens with zero attached hydrogens (tertiary/aromatic N) is 1. The highest BCUT2D eigenvalue weighted by Gasteiger charge is 2.72. The number of imide groups is 1. The number of amides is 2. The van der Waals surface area contributed by atoms with Gasteiger partial charge in [-0.05, 0) is 24.3 Å². The molecule has 1 aromatic rings. The number of ether oxygens (including phenoxy) is 3. The second-order valence-corrected chi connectivity index (χ2v) is 7.22. The third-order valence-corrected chi connectivity index (χ3v) is 5.34. The van der Waals surface area contributed by atoms with E-state index in [9.17, 15) is 29.1 Å².